The van der Waals surface area contributed by atoms with Crippen molar-refractivity contribution in [2.45, 2.75) is 37.6 Å². The Kier molecular flexibility index (Phi) is 5.11. The number of carboxylic acids is 1. The SMILES string of the molecule is O=C(CCCCc1nc2ccccc2s1)NC1(C(=O)O)CCOC1. The molecule has 2 aromatic rings. The molecule has 1 aliphatic heterocycles. The van der Waals surface area contributed by atoms with E-state index in [0.717, 1.165) is 23.4 Å². The molecule has 1 aromatic heterocycles. The van der Waals surface area contributed by atoms with Gasteiger partial charge in [0.25, 0.3) is 0 Å². The highest BCUT2D eigenvalue weighted by atomic mass is 32.1. The Bertz CT molecular complexity index is 704. The summed E-state index contributed by atoms with van der Waals surface area (Å²) in [5, 5.41) is 13.0. The number of nitrogens with zero attached hydrogens (tertiary/aromatic N) is 1. The zero-order chi connectivity index (χ0) is 17.0. The number of ether oxygens (including phenoxy) is 1. The van der Waals surface area contributed by atoms with E-state index in [9.17, 15) is 14.7 Å². The van der Waals surface area contributed by atoms with Gasteiger partial charge >= 0.3 is 5.97 Å². The van der Waals surface area contributed by atoms with Gasteiger partial charge in [-0.05, 0) is 31.4 Å². The van der Waals surface area contributed by atoms with Crippen LogP contribution < -0.4 is 5.32 Å². The van der Waals surface area contributed by atoms with E-state index in [4.69, 9.17) is 4.74 Å². The smallest absolute Gasteiger partial charge is 0.331 e. The van der Waals surface area contributed by atoms with Crippen LogP contribution in [0.15, 0.2) is 24.3 Å². The third kappa shape index (κ3) is 3.73. The molecule has 1 aliphatic rings. The minimum Gasteiger partial charge on any atom is -0.479 e. The second-order valence-corrected chi connectivity index (χ2v) is 7.14. The third-order valence-electron chi connectivity index (χ3n) is 4.19. The highest BCUT2D eigenvalue weighted by molar-refractivity contribution is 7.18. The molecule has 0 radical (unpaired) electrons. The lowest BCUT2D eigenvalue weighted by atomic mass is 9.98. The van der Waals surface area contributed by atoms with Crippen LogP contribution in [0.3, 0.4) is 0 Å². The van der Waals surface area contributed by atoms with E-state index in [-0.39, 0.29) is 12.5 Å². The molecule has 1 saturated heterocycles. The number of rotatable bonds is 7. The first-order chi connectivity index (χ1) is 11.6. The Hall–Kier alpha value is -1.99. The third-order valence-corrected chi connectivity index (χ3v) is 5.29. The summed E-state index contributed by atoms with van der Waals surface area (Å²) in [6.45, 7) is 0.407. The van der Waals surface area contributed by atoms with Crippen molar-refractivity contribution in [1.82, 2.24) is 10.3 Å². The van der Waals surface area contributed by atoms with E-state index < -0.39 is 11.5 Å². The second kappa shape index (κ2) is 7.27. The zero-order valence-electron chi connectivity index (χ0n) is 13.3. The number of nitrogens with one attached hydrogen (secondary N) is 1. The number of thiazole rings is 1. The molecule has 0 bridgehead atoms. The lowest BCUT2D eigenvalue weighted by Crippen LogP contribution is -2.55. The highest BCUT2D eigenvalue weighted by Gasteiger charge is 2.43. The molecule has 1 unspecified atom stereocenters. The Balaban J connectivity index is 1.44. The topological polar surface area (TPSA) is 88.5 Å². The van der Waals surface area contributed by atoms with Crippen LogP contribution in [0.25, 0.3) is 10.2 Å². The van der Waals surface area contributed by atoms with Crippen molar-refractivity contribution in [3.05, 3.63) is 29.3 Å². The maximum Gasteiger partial charge on any atom is 0.331 e. The number of para-hydroxylation sites is 1. The van der Waals surface area contributed by atoms with Gasteiger partial charge in [-0.2, -0.15) is 0 Å². The van der Waals surface area contributed by atoms with Gasteiger partial charge in [-0.3, -0.25) is 4.79 Å². The van der Waals surface area contributed by atoms with Crippen molar-refractivity contribution in [3.8, 4) is 0 Å². The van der Waals surface area contributed by atoms with Crippen molar-refractivity contribution >= 4 is 33.4 Å². The van der Waals surface area contributed by atoms with Gasteiger partial charge in [0.05, 0.1) is 21.8 Å². The van der Waals surface area contributed by atoms with Crippen molar-refractivity contribution < 1.29 is 19.4 Å². The first kappa shape index (κ1) is 16.9. The molecule has 1 fully saturated rings. The van der Waals surface area contributed by atoms with E-state index >= 15 is 0 Å². The van der Waals surface area contributed by atoms with Crippen LogP contribution in [0.5, 0.6) is 0 Å². The molecule has 0 saturated carbocycles. The highest BCUT2D eigenvalue weighted by Crippen LogP contribution is 2.23. The van der Waals surface area contributed by atoms with Crippen LogP contribution in [-0.4, -0.2) is 40.7 Å². The number of aliphatic carboxylic acids is 1. The van der Waals surface area contributed by atoms with E-state index in [2.05, 4.69) is 16.4 Å². The minimum absolute atomic E-state index is 0.0414. The van der Waals surface area contributed by atoms with Crippen LogP contribution in [0.2, 0.25) is 0 Å². The lowest BCUT2D eigenvalue weighted by molar-refractivity contribution is -0.147. The fourth-order valence-electron chi connectivity index (χ4n) is 2.80. The van der Waals surface area contributed by atoms with Crippen LogP contribution >= 0.6 is 11.3 Å². The van der Waals surface area contributed by atoms with Gasteiger partial charge in [-0.1, -0.05) is 12.1 Å². The largest absolute Gasteiger partial charge is 0.479 e. The molecule has 128 valence electrons. The summed E-state index contributed by atoms with van der Waals surface area (Å²) in [7, 11) is 0. The number of benzene rings is 1. The Morgan fingerprint density at radius 2 is 2.17 bits per heavy atom. The number of fused-ring (bicyclic) bond motifs is 1. The normalized spacial score (nSPS) is 20.3. The molecule has 0 aliphatic carbocycles. The summed E-state index contributed by atoms with van der Waals surface area (Å²) in [6, 6.07) is 8.03. The zero-order valence-corrected chi connectivity index (χ0v) is 14.1. The monoisotopic (exact) mass is 348 g/mol. The summed E-state index contributed by atoms with van der Waals surface area (Å²) in [5.74, 6) is -1.25. The number of hydrogen-bond donors (Lipinski definition) is 2. The number of hydrogen-bond acceptors (Lipinski definition) is 5. The van der Waals surface area contributed by atoms with Crippen molar-refractivity contribution in [3.63, 3.8) is 0 Å². The van der Waals surface area contributed by atoms with Crippen LogP contribution in [0.4, 0.5) is 0 Å². The van der Waals surface area contributed by atoms with Crippen LogP contribution in [0, 0.1) is 0 Å². The van der Waals surface area contributed by atoms with Crippen molar-refractivity contribution in [1.29, 1.82) is 0 Å². The fraction of sp³-hybridized carbons (Fsp3) is 0.471. The van der Waals surface area contributed by atoms with Gasteiger partial charge in [0.2, 0.25) is 5.91 Å². The molecule has 2 heterocycles. The number of amides is 1. The second-order valence-electron chi connectivity index (χ2n) is 6.02. The summed E-state index contributed by atoms with van der Waals surface area (Å²) in [5.41, 5.74) is -0.232. The van der Waals surface area contributed by atoms with Crippen molar-refractivity contribution in [2.24, 2.45) is 0 Å². The molecule has 0 spiro atoms. The van der Waals surface area contributed by atoms with Gasteiger partial charge < -0.3 is 15.2 Å². The summed E-state index contributed by atoms with van der Waals surface area (Å²) < 4.78 is 6.31. The first-order valence-corrected chi connectivity index (χ1v) is 8.87. The first-order valence-electron chi connectivity index (χ1n) is 8.06. The number of carbonyl (C=O) groups excluding carboxylic acids is 1. The Labute approximate surface area is 143 Å². The van der Waals surface area contributed by atoms with E-state index in [0.29, 0.717) is 25.9 Å². The fourth-order valence-corrected chi connectivity index (χ4v) is 3.81. The number of aromatic nitrogens is 1. The van der Waals surface area contributed by atoms with E-state index in [1.54, 1.807) is 11.3 Å². The van der Waals surface area contributed by atoms with Gasteiger partial charge in [0, 0.05) is 19.4 Å². The number of unbranched alkanes of at least 4 members (excludes halogenated alkanes) is 1. The summed E-state index contributed by atoms with van der Waals surface area (Å²) in [6.07, 6.45) is 3.03. The average molecular weight is 348 g/mol. The Morgan fingerprint density at radius 1 is 1.33 bits per heavy atom. The predicted molar refractivity (Wildman–Crippen MR) is 91.1 cm³/mol. The molecule has 7 heteroatoms. The standard InChI is InChI=1S/C17H20N2O4S/c20-14(19-17(16(21)22)9-10-23-11-17)7-3-4-8-15-18-12-5-1-2-6-13(12)24-15/h1-2,5-6H,3-4,7-11H2,(H,19,20)(H,21,22). The molecule has 6 nitrogen and oxygen atoms in total. The summed E-state index contributed by atoms with van der Waals surface area (Å²) >= 11 is 1.68. The number of carboxylic acid groups (broad SMARTS) is 1. The Morgan fingerprint density at radius 3 is 2.88 bits per heavy atom. The molecular weight excluding hydrogens is 328 g/mol. The average Bonchev–Trinajstić information content (AvgIpc) is 3.18. The van der Waals surface area contributed by atoms with E-state index in [1.165, 1.54) is 4.70 Å². The predicted octanol–water partition coefficient (Wildman–Crippen LogP) is 2.37. The maximum atomic E-state index is 12.0. The van der Waals surface area contributed by atoms with Gasteiger partial charge in [-0.15, -0.1) is 11.3 Å². The van der Waals surface area contributed by atoms with Gasteiger partial charge in [0.1, 0.15) is 0 Å². The lowest BCUT2D eigenvalue weighted by Gasteiger charge is -2.23. The molecule has 2 N–H and O–H groups in total. The summed E-state index contributed by atoms with van der Waals surface area (Å²) in [4.78, 5) is 27.9. The molecule has 24 heavy (non-hydrogen) atoms. The molecule has 1 atom stereocenters. The molecule has 3 rings (SSSR count). The van der Waals surface area contributed by atoms with Gasteiger partial charge in [0.15, 0.2) is 5.54 Å². The van der Waals surface area contributed by atoms with Crippen molar-refractivity contribution in [2.75, 3.05) is 13.2 Å². The number of carbonyl (C=O) groups is 2. The van der Waals surface area contributed by atoms with Crippen LogP contribution in [-0.2, 0) is 20.7 Å². The van der Waals surface area contributed by atoms with Crippen LogP contribution in [0.1, 0.15) is 30.7 Å². The molecular formula is C17H20N2O4S. The minimum atomic E-state index is -1.25. The van der Waals surface area contributed by atoms with E-state index in [1.807, 2.05) is 18.2 Å². The molecule has 1 amide bonds. The quantitative estimate of drug-likeness (QED) is 0.750. The number of aryl methyl sites for hydroxylation is 1. The van der Waals surface area contributed by atoms with Gasteiger partial charge in [-0.25, -0.2) is 9.78 Å². The maximum absolute atomic E-state index is 12.0. The molecule has 1 aromatic carbocycles.